The van der Waals surface area contributed by atoms with E-state index >= 15 is 0 Å². The second-order valence-corrected chi connectivity index (χ2v) is 10.0. The summed E-state index contributed by atoms with van der Waals surface area (Å²) in [6.07, 6.45) is 11.8. The first-order valence-electron chi connectivity index (χ1n) is 11.8. The van der Waals surface area contributed by atoms with Crippen molar-refractivity contribution < 1.29 is 0 Å². The first kappa shape index (κ1) is 25.5. The molecule has 0 amide bonds. The van der Waals surface area contributed by atoms with Crippen molar-refractivity contribution in [2.75, 3.05) is 11.5 Å². The van der Waals surface area contributed by atoms with E-state index in [2.05, 4.69) is 82.8 Å². The topological polar surface area (TPSA) is 24.7 Å². The van der Waals surface area contributed by atoms with E-state index < -0.39 is 0 Å². The molecule has 178 valence electrons. The van der Waals surface area contributed by atoms with Crippen molar-refractivity contribution in [2.24, 2.45) is 9.98 Å². The molecule has 0 spiro atoms. The second-order valence-electron chi connectivity index (χ2n) is 7.73. The van der Waals surface area contributed by atoms with Crippen molar-refractivity contribution in [3.8, 4) is 0 Å². The standard InChI is InChI=1S/C32H28N2S2/c1-3-13-27(14-4-1)17-11-23-33-29-19-7-9-21-31(29)35-25-26-36-32-22-10-8-20-30(32)34-24-12-18-28-15-5-2-6-16-28/h1-24H,25-26H2/b17-11+,18-12+,33-23?,34-24?. The number of allylic oxidation sites excluding steroid dienone is 2. The van der Waals surface area contributed by atoms with E-state index in [4.69, 9.17) is 0 Å². The zero-order valence-electron chi connectivity index (χ0n) is 20.0. The summed E-state index contributed by atoms with van der Waals surface area (Å²) in [5.74, 6) is 1.98. The third kappa shape index (κ3) is 8.56. The van der Waals surface area contributed by atoms with Gasteiger partial charge in [0.2, 0.25) is 0 Å². The van der Waals surface area contributed by atoms with Crippen LogP contribution >= 0.6 is 23.5 Å². The highest BCUT2D eigenvalue weighted by Crippen LogP contribution is 2.33. The van der Waals surface area contributed by atoms with Gasteiger partial charge in [0, 0.05) is 33.7 Å². The third-order valence-corrected chi connectivity index (χ3v) is 7.49. The molecule has 0 fully saturated rings. The van der Waals surface area contributed by atoms with Crippen molar-refractivity contribution in [3.63, 3.8) is 0 Å². The quantitative estimate of drug-likeness (QED) is 0.115. The number of benzene rings is 4. The number of para-hydroxylation sites is 2. The Kier molecular flexibility index (Phi) is 10.4. The predicted octanol–water partition coefficient (Wildman–Crippen LogP) is 9.40. The van der Waals surface area contributed by atoms with Gasteiger partial charge in [-0.25, -0.2) is 0 Å². The summed E-state index contributed by atoms with van der Waals surface area (Å²) < 4.78 is 0. The molecule has 4 rings (SSSR count). The van der Waals surface area contributed by atoms with Crippen LogP contribution in [0.25, 0.3) is 12.2 Å². The van der Waals surface area contributed by atoms with Gasteiger partial charge in [0.1, 0.15) is 0 Å². The Balaban J connectivity index is 1.29. The van der Waals surface area contributed by atoms with Gasteiger partial charge >= 0.3 is 0 Å². The van der Waals surface area contributed by atoms with E-state index in [9.17, 15) is 0 Å². The van der Waals surface area contributed by atoms with Gasteiger partial charge < -0.3 is 0 Å². The predicted molar refractivity (Wildman–Crippen MR) is 162 cm³/mol. The van der Waals surface area contributed by atoms with Crippen LogP contribution in [0.3, 0.4) is 0 Å². The lowest BCUT2D eigenvalue weighted by atomic mass is 10.2. The third-order valence-electron chi connectivity index (χ3n) is 5.10. The zero-order valence-corrected chi connectivity index (χ0v) is 21.6. The molecule has 0 unspecified atom stereocenters. The summed E-state index contributed by atoms with van der Waals surface area (Å²) in [6.45, 7) is 0. The van der Waals surface area contributed by atoms with E-state index in [0.29, 0.717) is 0 Å². The molecule has 0 heterocycles. The van der Waals surface area contributed by atoms with Crippen LogP contribution in [0.1, 0.15) is 11.1 Å². The number of hydrogen-bond donors (Lipinski definition) is 0. The van der Waals surface area contributed by atoms with E-state index in [-0.39, 0.29) is 0 Å². The van der Waals surface area contributed by atoms with Crippen LogP contribution in [-0.4, -0.2) is 23.9 Å². The highest BCUT2D eigenvalue weighted by atomic mass is 32.2. The minimum atomic E-state index is 0.989. The average Bonchev–Trinajstić information content (AvgIpc) is 2.94. The zero-order chi connectivity index (χ0) is 24.7. The van der Waals surface area contributed by atoms with Gasteiger partial charge in [-0.2, -0.15) is 0 Å². The van der Waals surface area contributed by atoms with E-state index in [0.717, 1.165) is 22.9 Å². The number of hydrogen-bond acceptors (Lipinski definition) is 4. The minimum absolute atomic E-state index is 0.989. The first-order valence-corrected chi connectivity index (χ1v) is 13.8. The molecule has 0 radical (unpaired) electrons. The van der Waals surface area contributed by atoms with Gasteiger partial charge in [-0.05, 0) is 47.5 Å². The summed E-state index contributed by atoms with van der Waals surface area (Å²) >= 11 is 3.67. The molecule has 0 bridgehead atoms. The molecule has 0 saturated heterocycles. The first-order chi connectivity index (χ1) is 17.9. The van der Waals surface area contributed by atoms with Crippen LogP contribution in [0.2, 0.25) is 0 Å². The summed E-state index contributed by atoms with van der Waals surface area (Å²) in [6, 6.07) is 37.1. The maximum absolute atomic E-state index is 4.67. The number of nitrogens with zero attached hydrogens (tertiary/aromatic N) is 2. The molecule has 0 atom stereocenters. The molecule has 0 aliphatic heterocycles. The molecular weight excluding hydrogens is 477 g/mol. The Morgan fingerprint density at radius 1 is 0.472 bits per heavy atom. The highest BCUT2D eigenvalue weighted by Gasteiger charge is 2.03. The molecule has 2 nitrogen and oxygen atoms in total. The molecule has 4 aromatic rings. The average molecular weight is 505 g/mol. The summed E-state index contributed by atoms with van der Waals surface area (Å²) in [7, 11) is 0. The highest BCUT2D eigenvalue weighted by molar-refractivity contribution is 8.03. The van der Waals surface area contributed by atoms with Gasteiger partial charge in [-0.1, -0.05) is 97.1 Å². The van der Waals surface area contributed by atoms with Crippen molar-refractivity contribution in [3.05, 3.63) is 132 Å². The summed E-state index contributed by atoms with van der Waals surface area (Å²) in [4.78, 5) is 11.7. The molecule has 0 aliphatic rings. The van der Waals surface area contributed by atoms with Crippen molar-refractivity contribution in [1.29, 1.82) is 0 Å². The fourth-order valence-electron chi connectivity index (χ4n) is 3.36. The maximum Gasteiger partial charge on any atom is 0.0765 e. The van der Waals surface area contributed by atoms with E-state index in [1.165, 1.54) is 20.9 Å². The molecule has 0 saturated carbocycles. The van der Waals surface area contributed by atoms with Gasteiger partial charge in [-0.15, -0.1) is 23.5 Å². The van der Waals surface area contributed by atoms with Crippen LogP contribution in [0.15, 0.2) is 141 Å². The lowest BCUT2D eigenvalue weighted by Gasteiger charge is -2.07. The summed E-state index contributed by atoms with van der Waals surface area (Å²) in [5, 5.41) is 0. The lowest BCUT2D eigenvalue weighted by Crippen LogP contribution is -1.85. The van der Waals surface area contributed by atoms with Crippen LogP contribution < -0.4 is 0 Å². The SMILES string of the molecule is C(/C=C/c1ccccc1)=Nc1ccccc1SCCSc1ccccc1N=C/C=C/c1ccccc1. The molecule has 4 heteroatoms. The molecule has 4 aromatic carbocycles. The normalized spacial score (nSPS) is 11.9. The molecule has 0 aromatic heterocycles. The van der Waals surface area contributed by atoms with Crippen molar-refractivity contribution >= 4 is 59.5 Å². The van der Waals surface area contributed by atoms with Crippen LogP contribution in [-0.2, 0) is 0 Å². The van der Waals surface area contributed by atoms with E-state index in [1.807, 2.05) is 96.6 Å². The second kappa shape index (κ2) is 14.7. The number of aliphatic imine (C=N–C) groups is 2. The van der Waals surface area contributed by atoms with Gasteiger partial charge in [0.25, 0.3) is 0 Å². The van der Waals surface area contributed by atoms with Crippen LogP contribution in [0, 0.1) is 0 Å². The smallest absolute Gasteiger partial charge is 0.0765 e. The van der Waals surface area contributed by atoms with Gasteiger partial charge in [0.05, 0.1) is 11.4 Å². The minimum Gasteiger partial charge on any atom is -0.256 e. The number of thioether (sulfide) groups is 2. The van der Waals surface area contributed by atoms with Crippen LogP contribution in [0.4, 0.5) is 11.4 Å². The largest absolute Gasteiger partial charge is 0.256 e. The lowest BCUT2D eigenvalue weighted by molar-refractivity contribution is 1.36. The molecular formula is C32H28N2S2. The monoisotopic (exact) mass is 504 g/mol. The summed E-state index contributed by atoms with van der Waals surface area (Å²) in [5.41, 5.74) is 4.33. The van der Waals surface area contributed by atoms with Crippen LogP contribution in [0.5, 0.6) is 0 Å². The molecule has 0 N–H and O–H groups in total. The molecule has 36 heavy (non-hydrogen) atoms. The Hall–Kier alpha value is -3.60. The Morgan fingerprint density at radius 3 is 1.31 bits per heavy atom. The Labute approximate surface area is 222 Å². The molecule has 0 aliphatic carbocycles. The van der Waals surface area contributed by atoms with Gasteiger partial charge in [-0.3, -0.25) is 9.98 Å². The van der Waals surface area contributed by atoms with E-state index in [1.54, 1.807) is 0 Å². The Morgan fingerprint density at radius 2 is 0.861 bits per heavy atom. The van der Waals surface area contributed by atoms with Crippen molar-refractivity contribution in [2.45, 2.75) is 9.79 Å². The number of rotatable bonds is 11. The fourth-order valence-corrected chi connectivity index (χ4v) is 5.35. The fraction of sp³-hybridized carbons (Fsp3) is 0.0625. The van der Waals surface area contributed by atoms with Gasteiger partial charge in [0.15, 0.2) is 0 Å². The van der Waals surface area contributed by atoms with Crippen molar-refractivity contribution in [1.82, 2.24) is 0 Å². The Bertz CT molecular complexity index is 1220. The maximum atomic E-state index is 4.67.